The number of hydrogen-bond donors (Lipinski definition) is 1. The van der Waals surface area contributed by atoms with Crippen LogP contribution in [0.1, 0.15) is 10.5 Å². The zero-order chi connectivity index (χ0) is 28.2. The standard InChI is InChI=1S/C29H28ClN5O5/c1-39-24-12-11-19(17-22(24)30)35-29(38)21-8-4-3-7-20(21)27(32-35)28(37)31-18-26(36)34-15-13-33(14-16-34)23-9-5-6-10-25(23)40-2/h3-12,17H,13-16,18H2,1-2H3,(H,31,37). The van der Waals surface area contributed by atoms with Crippen LogP contribution >= 0.6 is 11.6 Å². The van der Waals surface area contributed by atoms with Gasteiger partial charge in [-0.15, -0.1) is 0 Å². The summed E-state index contributed by atoms with van der Waals surface area (Å²) in [5.74, 6) is 0.463. The summed E-state index contributed by atoms with van der Waals surface area (Å²) in [4.78, 5) is 43.4. The second-order valence-electron chi connectivity index (χ2n) is 9.15. The molecule has 1 aliphatic heterocycles. The molecule has 0 atom stereocenters. The molecule has 11 heteroatoms. The Balaban J connectivity index is 1.31. The molecule has 1 aliphatic rings. The summed E-state index contributed by atoms with van der Waals surface area (Å²) in [5.41, 5.74) is 0.976. The lowest BCUT2D eigenvalue weighted by Crippen LogP contribution is -2.51. The number of aromatic nitrogens is 2. The first-order valence-electron chi connectivity index (χ1n) is 12.7. The van der Waals surface area contributed by atoms with Crippen molar-refractivity contribution in [2.45, 2.75) is 0 Å². The molecule has 40 heavy (non-hydrogen) atoms. The molecular weight excluding hydrogens is 534 g/mol. The van der Waals surface area contributed by atoms with E-state index in [9.17, 15) is 14.4 Å². The molecule has 4 aromatic rings. The third-order valence-corrected chi connectivity index (χ3v) is 7.15. The fourth-order valence-electron chi connectivity index (χ4n) is 4.76. The van der Waals surface area contributed by atoms with Crippen LogP contribution in [0.5, 0.6) is 11.5 Å². The number of rotatable bonds is 7. The van der Waals surface area contributed by atoms with Gasteiger partial charge in [-0.3, -0.25) is 14.4 Å². The van der Waals surface area contributed by atoms with Crippen molar-refractivity contribution in [3.63, 3.8) is 0 Å². The van der Waals surface area contributed by atoms with Crippen LogP contribution in [0.4, 0.5) is 5.69 Å². The van der Waals surface area contributed by atoms with Crippen LogP contribution in [0.25, 0.3) is 16.5 Å². The van der Waals surface area contributed by atoms with Gasteiger partial charge in [0.15, 0.2) is 5.69 Å². The van der Waals surface area contributed by atoms with E-state index in [4.69, 9.17) is 21.1 Å². The molecule has 0 unspecified atom stereocenters. The number of para-hydroxylation sites is 2. The normalized spacial score (nSPS) is 13.3. The van der Waals surface area contributed by atoms with E-state index < -0.39 is 11.5 Å². The lowest BCUT2D eigenvalue weighted by Gasteiger charge is -2.36. The Bertz CT molecular complexity index is 1630. The summed E-state index contributed by atoms with van der Waals surface area (Å²) in [6.45, 7) is 2.11. The quantitative estimate of drug-likeness (QED) is 0.369. The predicted octanol–water partition coefficient (Wildman–Crippen LogP) is 3.13. The van der Waals surface area contributed by atoms with E-state index in [-0.39, 0.29) is 18.1 Å². The number of carbonyl (C=O) groups is 2. The molecule has 5 rings (SSSR count). The number of nitrogens with one attached hydrogen (secondary N) is 1. The first kappa shape index (κ1) is 27.0. The molecule has 1 aromatic heterocycles. The number of piperazine rings is 1. The molecule has 0 radical (unpaired) electrons. The Hall–Kier alpha value is -4.57. The van der Waals surface area contributed by atoms with Crippen LogP contribution in [0.15, 0.2) is 71.5 Å². The van der Waals surface area contributed by atoms with Gasteiger partial charge in [-0.25, -0.2) is 0 Å². The molecule has 2 amide bonds. The van der Waals surface area contributed by atoms with Crippen LogP contribution in [0.2, 0.25) is 5.02 Å². The van der Waals surface area contributed by atoms with Gasteiger partial charge in [0.2, 0.25) is 5.91 Å². The maximum atomic E-state index is 13.3. The van der Waals surface area contributed by atoms with E-state index in [2.05, 4.69) is 15.3 Å². The van der Waals surface area contributed by atoms with Gasteiger partial charge in [0, 0.05) is 31.6 Å². The molecule has 1 fully saturated rings. The largest absolute Gasteiger partial charge is 0.495 e. The van der Waals surface area contributed by atoms with E-state index in [0.717, 1.165) is 16.1 Å². The minimum Gasteiger partial charge on any atom is -0.495 e. The second-order valence-corrected chi connectivity index (χ2v) is 9.56. The van der Waals surface area contributed by atoms with E-state index in [1.807, 2.05) is 24.3 Å². The minimum atomic E-state index is -0.564. The number of nitrogens with zero attached hydrogens (tertiary/aromatic N) is 4. The number of carbonyl (C=O) groups excluding carboxylic acids is 2. The van der Waals surface area contributed by atoms with E-state index >= 15 is 0 Å². The van der Waals surface area contributed by atoms with Gasteiger partial charge in [-0.1, -0.05) is 41.9 Å². The maximum absolute atomic E-state index is 13.3. The molecule has 0 bridgehead atoms. The Morgan fingerprint density at radius 3 is 2.27 bits per heavy atom. The number of fused-ring (bicyclic) bond motifs is 1. The summed E-state index contributed by atoms with van der Waals surface area (Å²) >= 11 is 6.27. The Kier molecular flexibility index (Phi) is 7.88. The van der Waals surface area contributed by atoms with E-state index in [1.165, 1.54) is 7.11 Å². The van der Waals surface area contributed by atoms with Gasteiger partial charge in [-0.05, 0) is 36.4 Å². The highest BCUT2D eigenvalue weighted by Crippen LogP contribution is 2.28. The van der Waals surface area contributed by atoms with Gasteiger partial charge in [0.05, 0.1) is 42.5 Å². The van der Waals surface area contributed by atoms with Crippen molar-refractivity contribution in [1.82, 2.24) is 20.0 Å². The monoisotopic (exact) mass is 561 g/mol. The number of methoxy groups -OCH3 is 2. The molecule has 0 saturated carbocycles. The topological polar surface area (TPSA) is 106 Å². The number of anilines is 1. The van der Waals surface area contributed by atoms with Crippen molar-refractivity contribution in [3.05, 3.63) is 87.8 Å². The van der Waals surface area contributed by atoms with Crippen LogP contribution in [0.3, 0.4) is 0 Å². The molecule has 10 nitrogen and oxygen atoms in total. The van der Waals surface area contributed by atoms with Crippen molar-refractivity contribution < 1.29 is 19.1 Å². The van der Waals surface area contributed by atoms with Crippen LogP contribution < -0.4 is 25.2 Å². The van der Waals surface area contributed by atoms with E-state index in [1.54, 1.807) is 54.5 Å². The van der Waals surface area contributed by atoms with Crippen molar-refractivity contribution in [3.8, 4) is 17.2 Å². The third kappa shape index (κ3) is 5.30. The Labute approximate surface area is 235 Å². The Morgan fingerprint density at radius 1 is 0.900 bits per heavy atom. The van der Waals surface area contributed by atoms with Gasteiger partial charge < -0.3 is 24.6 Å². The predicted molar refractivity (Wildman–Crippen MR) is 153 cm³/mol. The lowest BCUT2D eigenvalue weighted by molar-refractivity contribution is -0.130. The molecule has 2 heterocycles. The smallest absolute Gasteiger partial charge is 0.279 e. The van der Waals surface area contributed by atoms with Crippen LogP contribution in [0, 0.1) is 0 Å². The molecule has 0 aliphatic carbocycles. The van der Waals surface area contributed by atoms with Crippen molar-refractivity contribution in [1.29, 1.82) is 0 Å². The number of benzene rings is 3. The van der Waals surface area contributed by atoms with E-state index in [0.29, 0.717) is 53.4 Å². The minimum absolute atomic E-state index is 0.0240. The highest BCUT2D eigenvalue weighted by atomic mass is 35.5. The molecule has 1 N–H and O–H groups in total. The maximum Gasteiger partial charge on any atom is 0.279 e. The third-order valence-electron chi connectivity index (χ3n) is 6.86. The van der Waals surface area contributed by atoms with Crippen molar-refractivity contribution in [2.75, 3.05) is 51.8 Å². The highest BCUT2D eigenvalue weighted by molar-refractivity contribution is 6.32. The zero-order valence-electron chi connectivity index (χ0n) is 22.1. The average molecular weight is 562 g/mol. The summed E-state index contributed by atoms with van der Waals surface area (Å²) in [5, 5.41) is 8.05. The fraction of sp³-hybridized carbons (Fsp3) is 0.241. The van der Waals surface area contributed by atoms with Crippen LogP contribution in [-0.4, -0.2) is 73.4 Å². The average Bonchev–Trinajstić information content (AvgIpc) is 3.00. The summed E-state index contributed by atoms with van der Waals surface area (Å²) in [6, 6.07) is 19.3. The van der Waals surface area contributed by atoms with Gasteiger partial charge in [0.25, 0.3) is 11.5 Å². The fourth-order valence-corrected chi connectivity index (χ4v) is 5.01. The first-order chi connectivity index (χ1) is 19.4. The SMILES string of the molecule is COc1ccc(-n2nc(C(=O)NCC(=O)N3CCN(c4ccccc4OC)CC3)c3ccccc3c2=O)cc1Cl. The Morgan fingerprint density at radius 2 is 1.57 bits per heavy atom. The number of amides is 2. The molecule has 1 saturated heterocycles. The highest BCUT2D eigenvalue weighted by Gasteiger charge is 2.24. The summed E-state index contributed by atoms with van der Waals surface area (Å²) in [7, 11) is 3.13. The number of halogens is 1. The zero-order valence-corrected chi connectivity index (χ0v) is 22.9. The number of ether oxygens (including phenoxy) is 2. The molecule has 0 spiro atoms. The molecular formula is C29H28ClN5O5. The molecule has 3 aromatic carbocycles. The van der Waals surface area contributed by atoms with Crippen molar-refractivity contribution in [2.24, 2.45) is 0 Å². The van der Waals surface area contributed by atoms with Crippen LogP contribution in [-0.2, 0) is 4.79 Å². The first-order valence-corrected chi connectivity index (χ1v) is 13.1. The summed E-state index contributed by atoms with van der Waals surface area (Å²) < 4.78 is 11.8. The summed E-state index contributed by atoms with van der Waals surface area (Å²) in [6.07, 6.45) is 0. The molecule has 206 valence electrons. The second kappa shape index (κ2) is 11.7. The van der Waals surface area contributed by atoms with Gasteiger partial charge in [-0.2, -0.15) is 9.78 Å². The van der Waals surface area contributed by atoms with Gasteiger partial charge in [0.1, 0.15) is 11.5 Å². The van der Waals surface area contributed by atoms with Gasteiger partial charge >= 0.3 is 0 Å². The lowest BCUT2D eigenvalue weighted by atomic mass is 10.1. The number of hydrogen-bond acceptors (Lipinski definition) is 7. The van der Waals surface area contributed by atoms with Crippen molar-refractivity contribution >= 4 is 39.9 Å².